The molecule has 0 bridgehead atoms. The molecule has 0 unspecified atom stereocenters. The van der Waals surface area contributed by atoms with Gasteiger partial charge in [-0.25, -0.2) is 4.79 Å². The Kier molecular flexibility index (Phi) is 4.41. The second-order valence-corrected chi connectivity index (χ2v) is 3.66. The Morgan fingerprint density at radius 1 is 1.56 bits per heavy atom. The maximum Gasteiger partial charge on any atom is 0.326 e. The average molecular weight is 255 g/mol. The maximum absolute atomic E-state index is 11.7. The largest absolute Gasteiger partial charge is 0.480 e. The van der Waals surface area contributed by atoms with E-state index in [1.54, 1.807) is 0 Å². The average Bonchev–Trinajstić information content (AvgIpc) is 2.69. The van der Waals surface area contributed by atoms with Crippen LogP contribution in [-0.2, 0) is 9.59 Å². The van der Waals surface area contributed by atoms with Crippen molar-refractivity contribution in [1.82, 2.24) is 10.5 Å². The first-order valence-corrected chi connectivity index (χ1v) is 5.15. The molecule has 0 aliphatic rings. The molecule has 1 aromatic rings. The second kappa shape index (κ2) is 5.80. The van der Waals surface area contributed by atoms with Gasteiger partial charge in [0.1, 0.15) is 17.4 Å². The van der Waals surface area contributed by atoms with E-state index in [0.717, 1.165) is 0 Å². The number of aryl methyl sites for hydroxylation is 1. The maximum atomic E-state index is 11.7. The summed E-state index contributed by atoms with van der Waals surface area (Å²) in [7, 11) is 0. The van der Waals surface area contributed by atoms with Gasteiger partial charge in [0.25, 0.3) is 5.91 Å². The van der Waals surface area contributed by atoms with Crippen LogP contribution in [0.1, 0.15) is 29.0 Å². The third kappa shape index (κ3) is 3.58. The summed E-state index contributed by atoms with van der Waals surface area (Å²) in [5.74, 6) is -2.20. The van der Waals surface area contributed by atoms with Gasteiger partial charge in [0, 0.05) is 6.42 Å². The topological polar surface area (TPSA) is 136 Å². The van der Waals surface area contributed by atoms with E-state index >= 15 is 0 Å². The van der Waals surface area contributed by atoms with Crippen LogP contribution in [0.15, 0.2) is 10.7 Å². The summed E-state index contributed by atoms with van der Waals surface area (Å²) in [6.07, 6.45) is 0.998. The summed E-state index contributed by atoms with van der Waals surface area (Å²) in [4.78, 5) is 33.2. The van der Waals surface area contributed by atoms with Gasteiger partial charge >= 0.3 is 5.97 Å². The molecule has 0 fully saturated rings. The van der Waals surface area contributed by atoms with Crippen LogP contribution >= 0.6 is 0 Å². The van der Waals surface area contributed by atoms with Gasteiger partial charge in [-0.2, -0.15) is 0 Å². The van der Waals surface area contributed by atoms with Crippen LogP contribution < -0.4 is 11.1 Å². The summed E-state index contributed by atoms with van der Waals surface area (Å²) in [5.41, 5.74) is 5.07. The number of hydrogen-bond donors (Lipinski definition) is 3. The van der Waals surface area contributed by atoms with E-state index in [0.29, 0.717) is 0 Å². The highest BCUT2D eigenvalue weighted by molar-refractivity contribution is 5.97. The number of hydrogen-bond acceptors (Lipinski definition) is 5. The lowest BCUT2D eigenvalue weighted by Crippen LogP contribution is -2.41. The molecule has 0 aromatic carbocycles. The molecule has 18 heavy (non-hydrogen) atoms. The molecule has 98 valence electrons. The minimum Gasteiger partial charge on any atom is -0.480 e. The van der Waals surface area contributed by atoms with E-state index in [4.69, 9.17) is 15.4 Å². The molecule has 0 radical (unpaired) electrons. The van der Waals surface area contributed by atoms with Crippen molar-refractivity contribution in [2.24, 2.45) is 5.73 Å². The fourth-order valence-electron chi connectivity index (χ4n) is 1.30. The Morgan fingerprint density at radius 2 is 2.22 bits per heavy atom. The van der Waals surface area contributed by atoms with Gasteiger partial charge in [0.05, 0.1) is 6.20 Å². The van der Waals surface area contributed by atoms with Crippen LogP contribution in [0.5, 0.6) is 0 Å². The third-order valence-corrected chi connectivity index (χ3v) is 2.28. The van der Waals surface area contributed by atoms with Crippen molar-refractivity contribution in [2.75, 3.05) is 0 Å². The molecular weight excluding hydrogens is 242 g/mol. The Morgan fingerprint density at radius 3 is 2.67 bits per heavy atom. The normalized spacial score (nSPS) is 11.8. The van der Waals surface area contributed by atoms with Gasteiger partial charge in [0.15, 0.2) is 0 Å². The first-order chi connectivity index (χ1) is 8.41. The zero-order chi connectivity index (χ0) is 13.7. The van der Waals surface area contributed by atoms with Crippen LogP contribution in [0.3, 0.4) is 0 Å². The lowest BCUT2D eigenvalue weighted by molar-refractivity contribution is -0.139. The van der Waals surface area contributed by atoms with Crippen molar-refractivity contribution < 1.29 is 24.0 Å². The fourth-order valence-corrected chi connectivity index (χ4v) is 1.30. The lowest BCUT2D eigenvalue weighted by atomic mass is 10.1. The van der Waals surface area contributed by atoms with Crippen molar-refractivity contribution in [3.8, 4) is 0 Å². The van der Waals surface area contributed by atoms with Crippen LogP contribution in [0.4, 0.5) is 0 Å². The summed E-state index contributed by atoms with van der Waals surface area (Å²) < 4.78 is 4.69. The number of aromatic nitrogens is 1. The number of carbonyl (C=O) groups is 3. The third-order valence-electron chi connectivity index (χ3n) is 2.28. The molecule has 0 saturated heterocycles. The Hall–Kier alpha value is -2.38. The van der Waals surface area contributed by atoms with Gasteiger partial charge in [-0.15, -0.1) is 0 Å². The number of nitrogens with two attached hydrogens (primary N) is 1. The van der Waals surface area contributed by atoms with Crippen molar-refractivity contribution in [1.29, 1.82) is 0 Å². The number of carbonyl (C=O) groups excluding carboxylic acids is 2. The van der Waals surface area contributed by atoms with E-state index in [-0.39, 0.29) is 24.2 Å². The SMILES string of the molecule is Cc1oncc1C(=O)N[C@@H](CCC(N)=O)C(=O)O. The van der Waals surface area contributed by atoms with E-state index in [1.165, 1.54) is 13.1 Å². The Labute approximate surface area is 102 Å². The van der Waals surface area contributed by atoms with E-state index in [2.05, 4.69) is 10.5 Å². The molecule has 0 spiro atoms. The molecule has 1 atom stereocenters. The first kappa shape index (κ1) is 13.7. The van der Waals surface area contributed by atoms with Gasteiger partial charge in [0.2, 0.25) is 5.91 Å². The quantitative estimate of drug-likeness (QED) is 0.622. The van der Waals surface area contributed by atoms with Crippen molar-refractivity contribution in [2.45, 2.75) is 25.8 Å². The first-order valence-electron chi connectivity index (χ1n) is 5.15. The Bertz CT molecular complexity index is 468. The molecule has 1 heterocycles. The predicted octanol–water partition coefficient (Wildman–Crippen LogP) is -0.568. The number of primary amides is 1. The van der Waals surface area contributed by atoms with Crippen LogP contribution in [0, 0.1) is 6.92 Å². The molecule has 0 saturated carbocycles. The van der Waals surface area contributed by atoms with Gasteiger partial charge in [-0.1, -0.05) is 5.16 Å². The lowest BCUT2D eigenvalue weighted by Gasteiger charge is -2.12. The molecule has 1 rings (SSSR count). The zero-order valence-electron chi connectivity index (χ0n) is 9.67. The summed E-state index contributed by atoms with van der Waals surface area (Å²) in [6.45, 7) is 1.53. The second-order valence-electron chi connectivity index (χ2n) is 3.66. The summed E-state index contributed by atoms with van der Waals surface area (Å²) >= 11 is 0. The smallest absolute Gasteiger partial charge is 0.326 e. The number of nitrogens with zero attached hydrogens (tertiary/aromatic N) is 1. The van der Waals surface area contributed by atoms with E-state index in [9.17, 15) is 14.4 Å². The van der Waals surface area contributed by atoms with E-state index < -0.39 is 23.8 Å². The molecule has 8 heteroatoms. The Balaban J connectivity index is 2.67. The standard InChI is InChI=1S/C10H13N3O5/c1-5-6(4-12-18-5)9(15)13-7(10(16)17)2-3-8(11)14/h4,7H,2-3H2,1H3,(H2,11,14)(H,13,15)(H,16,17)/t7-/m0/s1. The molecule has 0 aliphatic heterocycles. The summed E-state index contributed by atoms with van der Waals surface area (Å²) in [5, 5.41) is 14.6. The molecule has 4 N–H and O–H groups in total. The number of aliphatic carboxylic acids is 1. The van der Waals surface area contributed by atoms with Crippen molar-refractivity contribution in [3.63, 3.8) is 0 Å². The highest BCUT2D eigenvalue weighted by atomic mass is 16.5. The monoisotopic (exact) mass is 255 g/mol. The highest BCUT2D eigenvalue weighted by Crippen LogP contribution is 2.07. The van der Waals surface area contributed by atoms with E-state index in [1.807, 2.05) is 0 Å². The number of rotatable bonds is 6. The minimum absolute atomic E-state index is 0.0687. The highest BCUT2D eigenvalue weighted by Gasteiger charge is 2.23. The van der Waals surface area contributed by atoms with Crippen LogP contribution in [0.25, 0.3) is 0 Å². The molecule has 2 amide bonds. The fraction of sp³-hybridized carbons (Fsp3) is 0.400. The van der Waals surface area contributed by atoms with Crippen molar-refractivity contribution >= 4 is 17.8 Å². The van der Waals surface area contributed by atoms with Gasteiger partial charge in [-0.3, -0.25) is 9.59 Å². The van der Waals surface area contributed by atoms with Gasteiger partial charge in [-0.05, 0) is 13.3 Å². The van der Waals surface area contributed by atoms with Crippen LogP contribution in [0.2, 0.25) is 0 Å². The zero-order valence-corrected chi connectivity index (χ0v) is 9.67. The minimum atomic E-state index is -1.24. The van der Waals surface area contributed by atoms with Crippen molar-refractivity contribution in [3.05, 3.63) is 17.5 Å². The van der Waals surface area contributed by atoms with Crippen LogP contribution in [-0.4, -0.2) is 34.1 Å². The molecule has 8 nitrogen and oxygen atoms in total. The molecule has 1 aromatic heterocycles. The molecule has 0 aliphatic carbocycles. The number of amides is 2. The molecular formula is C10H13N3O5. The summed E-state index contributed by atoms with van der Waals surface area (Å²) in [6, 6.07) is -1.18. The number of carboxylic acids is 1. The number of nitrogens with one attached hydrogen (secondary N) is 1. The number of carboxylic acid groups (broad SMARTS) is 1. The van der Waals surface area contributed by atoms with Gasteiger partial charge < -0.3 is 20.7 Å². The predicted molar refractivity (Wildman–Crippen MR) is 58.6 cm³/mol.